The van der Waals surface area contributed by atoms with Gasteiger partial charge in [0.1, 0.15) is 11.5 Å². The van der Waals surface area contributed by atoms with Crippen LogP contribution in [0, 0.1) is 0 Å². The molecule has 4 N–H and O–H groups in total. The first-order valence-electron chi connectivity index (χ1n) is 7.19. The van der Waals surface area contributed by atoms with E-state index in [0.29, 0.717) is 0 Å². The molecule has 0 saturated heterocycles. The van der Waals surface area contributed by atoms with Crippen molar-refractivity contribution in [2.45, 2.75) is 19.4 Å². The first-order chi connectivity index (χ1) is 12.0. The number of nitrogens with one attached hydrogen (secondary N) is 2. The van der Waals surface area contributed by atoms with Crippen LogP contribution in [-0.4, -0.2) is 22.6 Å². The number of aliphatic hydroxyl groups is 1. The lowest BCUT2D eigenvalue weighted by Crippen LogP contribution is -2.20. The second-order valence-electron chi connectivity index (χ2n) is 5.22. The lowest BCUT2D eigenvalue weighted by Gasteiger charge is -2.13. The molecule has 26 heavy (non-hydrogen) atoms. The third-order valence-electron chi connectivity index (χ3n) is 3.15. The Hall–Kier alpha value is -2.65. The van der Waals surface area contributed by atoms with E-state index in [1.54, 1.807) is 0 Å². The van der Waals surface area contributed by atoms with Crippen molar-refractivity contribution in [3.05, 3.63) is 47.0 Å². The van der Waals surface area contributed by atoms with Crippen molar-refractivity contribution in [1.82, 2.24) is 0 Å². The van der Waals surface area contributed by atoms with Gasteiger partial charge in [-0.05, 0) is 43.3 Å². The molecule has 2 rings (SSSR count). The van der Waals surface area contributed by atoms with Crippen molar-refractivity contribution >= 4 is 29.0 Å². The molecular formula is C16H14ClF3N2O4. The molecule has 1 unspecified atom stereocenters. The summed E-state index contributed by atoms with van der Waals surface area (Å²) in [4.78, 5) is 12.0. The number of hydrogen-bond donors (Lipinski definition) is 4. The number of carbonyl (C=O) groups excluding carboxylic acids is 1. The van der Waals surface area contributed by atoms with Gasteiger partial charge in [-0.3, -0.25) is 0 Å². The van der Waals surface area contributed by atoms with Gasteiger partial charge in [0.25, 0.3) is 0 Å². The molecule has 2 amide bonds. The molecule has 2 aromatic rings. The van der Waals surface area contributed by atoms with Crippen molar-refractivity contribution in [1.29, 1.82) is 0 Å². The van der Waals surface area contributed by atoms with Crippen LogP contribution in [-0.2, 0) is 0 Å². The van der Waals surface area contributed by atoms with Crippen LogP contribution < -0.4 is 15.4 Å². The van der Waals surface area contributed by atoms with Crippen LogP contribution in [0.4, 0.5) is 29.3 Å². The predicted molar refractivity (Wildman–Crippen MR) is 89.5 cm³/mol. The van der Waals surface area contributed by atoms with Crippen molar-refractivity contribution < 1.29 is 32.9 Å². The molecular weight excluding hydrogens is 377 g/mol. The lowest BCUT2D eigenvalue weighted by atomic mass is 10.1. The average Bonchev–Trinajstić information content (AvgIpc) is 2.51. The van der Waals surface area contributed by atoms with E-state index >= 15 is 0 Å². The van der Waals surface area contributed by atoms with E-state index in [1.807, 2.05) is 0 Å². The van der Waals surface area contributed by atoms with Gasteiger partial charge in [-0.2, -0.15) is 0 Å². The standard InChI is InChI=1S/C16H14ClF3N2O4/c1-8(23)12-6-10(7-13(17)14(12)24)22-15(25)21-9-2-4-11(5-3-9)26-16(18,19)20/h2-8,23-24H,1H3,(H2,21,22,25). The van der Waals surface area contributed by atoms with E-state index in [2.05, 4.69) is 15.4 Å². The molecule has 0 bridgehead atoms. The van der Waals surface area contributed by atoms with Crippen molar-refractivity contribution in [3.8, 4) is 11.5 Å². The Morgan fingerprint density at radius 2 is 1.73 bits per heavy atom. The molecule has 2 aromatic carbocycles. The van der Waals surface area contributed by atoms with Gasteiger partial charge in [-0.15, -0.1) is 13.2 Å². The van der Waals surface area contributed by atoms with E-state index in [1.165, 1.54) is 31.2 Å². The van der Waals surface area contributed by atoms with Crippen LogP contribution in [0.25, 0.3) is 0 Å². The largest absolute Gasteiger partial charge is 0.573 e. The minimum absolute atomic E-state index is 0.0626. The second-order valence-corrected chi connectivity index (χ2v) is 5.63. The maximum absolute atomic E-state index is 12.1. The molecule has 0 saturated carbocycles. The van der Waals surface area contributed by atoms with Gasteiger partial charge < -0.3 is 25.6 Å². The fourth-order valence-corrected chi connectivity index (χ4v) is 2.27. The fourth-order valence-electron chi connectivity index (χ4n) is 2.04. The molecule has 0 aliphatic carbocycles. The SMILES string of the molecule is CC(O)c1cc(NC(=O)Nc2ccc(OC(F)(F)F)cc2)cc(Cl)c1O. The summed E-state index contributed by atoms with van der Waals surface area (Å²) in [6.07, 6.45) is -5.81. The van der Waals surface area contributed by atoms with Crippen molar-refractivity contribution in [2.75, 3.05) is 10.6 Å². The van der Waals surface area contributed by atoms with Crippen LogP contribution in [0.15, 0.2) is 36.4 Å². The van der Waals surface area contributed by atoms with E-state index < -0.39 is 24.2 Å². The first-order valence-corrected chi connectivity index (χ1v) is 7.57. The van der Waals surface area contributed by atoms with Gasteiger partial charge in [-0.1, -0.05) is 11.6 Å². The van der Waals surface area contributed by atoms with Crippen LogP contribution in [0.3, 0.4) is 0 Å². The molecule has 140 valence electrons. The number of carbonyl (C=O) groups is 1. The Morgan fingerprint density at radius 1 is 1.15 bits per heavy atom. The van der Waals surface area contributed by atoms with E-state index in [9.17, 15) is 28.2 Å². The first kappa shape index (κ1) is 19.7. The minimum Gasteiger partial charge on any atom is -0.506 e. The third-order valence-corrected chi connectivity index (χ3v) is 3.43. The van der Waals surface area contributed by atoms with Crippen LogP contribution >= 0.6 is 11.6 Å². The number of ether oxygens (including phenoxy) is 1. The fraction of sp³-hybridized carbons (Fsp3) is 0.188. The van der Waals surface area contributed by atoms with Crippen molar-refractivity contribution in [3.63, 3.8) is 0 Å². The van der Waals surface area contributed by atoms with Crippen molar-refractivity contribution in [2.24, 2.45) is 0 Å². The highest BCUT2D eigenvalue weighted by Crippen LogP contribution is 2.35. The van der Waals surface area contributed by atoms with E-state index in [0.717, 1.165) is 12.1 Å². The highest BCUT2D eigenvalue weighted by atomic mass is 35.5. The number of rotatable bonds is 4. The second kappa shape index (κ2) is 7.71. The predicted octanol–water partition coefficient (Wildman–Crippen LogP) is 4.64. The Bertz CT molecular complexity index is 795. The molecule has 0 aromatic heterocycles. The van der Waals surface area contributed by atoms with Gasteiger partial charge in [0.15, 0.2) is 0 Å². The lowest BCUT2D eigenvalue weighted by molar-refractivity contribution is -0.274. The van der Waals surface area contributed by atoms with Gasteiger partial charge in [0.05, 0.1) is 11.1 Å². The van der Waals surface area contributed by atoms with E-state index in [4.69, 9.17) is 11.6 Å². The summed E-state index contributed by atoms with van der Waals surface area (Å²) in [6, 6.07) is 6.47. The molecule has 10 heteroatoms. The summed E-state index contributed by atoms with van der Waals surface area (Å²) >= 11 is 5.84. The molecule has 0 fully saturated rings. The number of urea groups is 1. The van der Waals surface area contributed by atoms with Gasteiger partial charge >= 0.3 is 12.4 Å². The quantitative estimate of drug-likeness (QED) is 0.572. The number of anilines is 2. The molecule has 0 radical (unpaired) electrons. The number of halogens is 4. The summed E-state index contributed by atoms with van der Waals surface area (Å²) in [7, 11) is 0. The smallest absolute Gasteiger partial charge is 0.506 e. The van der Waals surface area contributed by atoms with E-state index in [-0.39, 0.29) is 27.7 Å². The summed E-state index contributed by atoms with van der Waals surface area (Å²) in [5, 5.41) is 24.1. The summed E-state index contributed by atoms with van der Waals surface area (Å²) in [5.74, 6) is -0.719. The Kier molecular flexibility index (Phi) is 5.83. The monoisotopic (exact) mass is 390 g/mol. The zero-order valence-electron chi connectivity index (χ0n) is 13.3. The maximum Gasteiger partial charge on any atom is 0.573 e. The number of phenolic OH excluding ortho intramolecular Hbond substituents is 1. The molecule has 6 nitrogen and oxygen atoms in total. The molecule has 0 aliphatic rings. The van der Waals surface area contributed by atoms with Crippen LogP contribution in [0.1, 0.15) is 18.6 Å². The van der Waals surface area contributed by atoms with Crippen LogP contribution in [0.2, 0.25) is 5.02 Å². The Labute approximate surface area is 151 Å². The number of hydrogen-bond acceptors (Lipinski definition) is 4. The number of aliphatic hydroxyl groups excluding tert-OH is 1. The highest BCUT2D eigenvalue weighted by Gasteiger charge is 2.30. The number of alkyl halides is 3. The average molecular weight is 391 g/mol. The zero-order valence-corrected chi connectivity index (χ0v) is 14.0. The summed E-state index contributed by atoms with van der Waals surface area (Å²) in [5.41, 5.74) is 0.553. The van der Waals surface area contributed by atoms with Gasteiger partial charge in [0, 0.05) is 16.9 Å². The van der Waals surface area contributed by atoms with Gasteiger partial charge in [-0.25, -0.2) is 4.79 Å². The molecule has 0 aliphatic heterocycles. The molecule has 0 heterocycles. The normalized spacial score (nSPS) is 12.4. The highest BCUT2D eigenvalue weighted by molar-refractivity contribution is 6.32. The number of phenols is 1. The zero-order chi connectivity index (χ0) is 19.5. The number of amides is 2. The topological polar surface area (TPSA) is 90.8 Å². The Morgan fingerprint density at radius 3 is 2.27 bits per heavy atom. The minimum atomic E-state index is -4.80. The molecule has 1 atom stereocenters. The van der Waals surface area contributed by atoms with Crippen LogP contribution in [0.5, 0.6) is 11.5 Å². The van der Waals surface area contributed by atoms with Gasteiger partial charge in [0.2, 0.25) is 0 Å². The summed E-state index contributed by atoms with van der Waals surface area (Å²) < 4.78 is 40.0. The Balaban J connectivity index is 2.05. The molecule has 0 spiro atoms. The summed E-state index contributed by atoms with van der Waals surface area (Å²) in [6.45, 7) is 1.42. The number of benzene rings is 2. The maximum atomic E-state index is 12.1. The third kappa shape index (κ3) is 5.43. The number of aromatic hydroxyl groups is 1.